The number of carbonyl (C=O) groups is 4. The first-order valence-corrected chi connectivity index (χ1v) is 44.9. The second-order valence-electron chi connectivity index (χ2n) is 30.4. The van der Waals surface area contributed by atoms with Gasteiger partial charge in [-0.15, -0.1) is 0 Å². The van der Waals surface area contributed by atoms with Crippen molar-refractivity contribution >= 4 is 39.5 Å². The summed E-state index contributed by atoms with van der Waals surface area (Å²) >= 11 is 0. The maximum absolute atomic E-state index is 13.1. The summed E-state index contributed by atoms with van der Waals surface area (Å²) in [6.45, 7) is 12.0. The predicted octanol–water partition coefficient (Wildman–Crippen LogP) is 24.1. The second kappa shape index (κ2) is 71.3. The van der Waals surface area contributed by atoms with Crippen LogP contribution in [0.1, 0.15) is 421 Å². The molecular weight excluding hydrogens is 1310 g/mol. The van der Waals surface area contributed by atoms with E-state index < -0.39 is 97.5 Å². The van der Waals surface area contributed by atoms with Gasteiger partial charge in [-0.25, -0.2) is 9.13 Å². The van der Waals surface area contributed by atoms with Crippen molar-refractivity contribution in [3.8, 4) is 0 Å². The van der Waals surface area contributed by atoms with Gasteiger partial charge >= 0.3 is 39.5 Å². The molecule has 0 heterocycles. The second-order valence-corrected chi connectivity index (χ2v) is 33.3. The largest absolute Gasteiger partial charge is 0.472 e. The summed E-state index contributed by atoms with van der Waals surface area (Å²) in [5.74, 6) is 0.232. The molecule has 0 aromatic heterocycles. The zero-order chi connectivity index (χ0) is 73.7. The van der Waals surface area contributed by atoms with Crippen molar-refractivity contribution in [2.24, 2.45) is 17.8 Å². The van der Waals surface area contributed by atoms with Gasteiger partial charge in [0.25, 0.3) is 0 Å². The number of aliphatic hydroxyl groups is 1. The Hall–Kier alpha value is -1.94. The lowest BCUT2D eigenvalue weighted by molar-refractivity contribution is -0.161. The molecule has 100 heavy (non-hydrogen) atoms. The average Bonchev–Trinajstić information content (AvgIpc) is 0.932. The molecule has 0 fully saturated rings. The Morgan fingerprint density at radius 3 is 0.760 bits per heavy atom. The van der Waals surface area contributed by atoms with Crippen LogP contribution >= 0.6 is 15.6 Å². The minimum atomic E-state index is -4.96. The summed E-state index contributed by atoms with van der Waals surface area (Å²) in [4.78, 5) is 73.1. The van der Waals surface area contributed by atoms with E-state index in [4.69, 9.17) is 37.0 Å². The lowest BCUT2D eigenvalue weighted by Gasteiger charge is -2.21. The van der Waals surface area contributed by atoms with Crippen LogP contribution in [0, 0.1) is 17.8 Å². The average molecular weight is 1470 g/mol. The molecule has 0 aromatic carbocycles. The number of esters is 4. The summed E-state index contributed by atoms with van der Waals surface area (Å²) in [7, 11) is -9.92. The molecule has 6 atom stereocenters. The Bertz CT molecular complexity index is 1940. The lowest BCUT2D eigenvalue weighted by atomic mass is 9.99. The first-order chi connectivity index (χ1) is 48.3. The van der Waals surface area contributed by atoms with Crippen molar-refractivity contribution in [3.05, 3.63) is 0 Å². The molecule has 3 N–H and O–H groups in total. The molecule has 3 unspecified atom stereocenters. The van der Waals surface area contributed by atoms with E-state index in [9.17, 15) is 43.2 Å². The summed E-state index contributed by atoms with van der Waals surface area (Å²) in [5.41, 5.74) is 0. The number of rotatable bonds is 79. The van der Waals surface area contributed by atoms with Gasteiger partial charge in [0.1, 0.15) is 19.3 Å². The van der Waals surface area contributed by atoms with E-state index >= 15 is 0 Å². The minimum Gasteiger partial charge on any atom is -0.462 e. The van der Waals surface area contributed by atoms with Gasteiger partial charge in [-0.05, 0) is 43.4 Å². The van der Waals surface area contributed by atoms with Crippen LogP contribution in [0.4, 0.5) is 0 Å². The Kier molecular flexibility index (Phi) is 69.9. The first-order valence-electron chi connectivity index (χ1n) is 41.9. The normalized spacial score (nSPS) is 14.2. The van der Waals surface area contributed by atoms with Crippen molar-refractivity contribution in [1.29, 1.82) is 0 Å². The van der Waals surface area contributed by atoms with E-state index in [-0.39, 0.29) is 25.7 Å². The fourth-order valence-corrected chi connectivity index (χ4v) is 14.0. The standard InChI is InChI=1S/C81H158O17P2/c1-8-10-11-12-13-14-15-16-17-18-19-23-26-34-41-48-55-62-78(83)91-68-76(97-80(85)64-57-50-43-35-27-24-21-20-22-25-31-38-45-52-59-72(3)4)70-95-99(87,88)93-66-75(82)67-94-100(89,90)96-71-77(69-92-79(84)63-56-49-42-37-30-32-39-46-53-60-73(5)6)98-81(86)65-58-51-44-36-29-28-33-40-47-54-61-74(7)9-2/h72-77,82H,8-71H2,1-7H3,(H,87,88)(H,89,90)/t74?,75-,76-,77-/m1/s1. The molecule has 0 aliphatic rings. The van der Waals surface area contributed by atoms with E-state index in [2.05, 4.69) is 48.5 Å². The Morgan fingerprint density at radius 1 is 0.290 bits per heavy atom. The predicted molar refractivity (Wildman–Crippen MR) is 409 cm³/mol. The Labute approximate surface area is 613 Å². The van der Waals surface area contributed by atoms with E-state index in [0.29, 0.717) is 25.7 Å². The highest BCUT2D eigenvalue weighted by Gasteiger charge is 2.30. The van der Waals surface area contributed by atoms with Crippen LogP contribution < -0.4 is 0 Å². The quantitative estimate of drug-likeness (QED) is 0.0222. The number of ether oxygens (including phenoxy) is 4. The van der Waals surface area contributed by atoms with E-state index in [1.807, 2.05) is 0 Å². The maximum atomic E-state index is 13.1. The molecular formula is C81H158O17P2. The van der Waals surface area contributed by atoms with Crippen LogP contribution in [-0.4, -0.2) is 96.7 Å². The molecule has 0 rings (SSSR count). The number of unbranched alkanes of at least 4 members (excludes halogenated alkanes) is 46. The van der Waals surface area contributed by atoms with Gasteiger partial charge < -0.3 is 33.8 Å². The number of phosphoric ester groups is 2. The van der Waals surface area contributed by atoms with Crippen LogP contribution in [-0.2, 0) is 65.4 Å². The molecule has 0 spiro atoms. The summed E-state index contributed by atoms with van der Waals surface area (Å²) < 4.78 is 68.8. The zero-order valence-electron chi connectivity index (χ0n) is 65.7. The maximum Gasteiger partial charge on any atom is 0.472 e. The van der Waals surface area contributed by atoms with Gasteiger partial charge in [-0.2, -0.15) is 0 Å². The molecule has 0 aromatic rings. The molecule has 0 aliphatic carbocycles. The molecule has 0 aliphatic heterocycles. The Balaban J connectivity index is 5.27. The van der Waals surface area contributed by atoms with E-state index in [1.165, 1.54) is 231 Å². The highest BCUT2D eigenvalue weighted by Crippen LogP contribution is 2.45. The summed E-state index contributed by atoms with van der Waals surface area (Å²) in [5, 5.41) is 10.6. The van der Waals surface area contributed by atoms with Crippen molar-refractivity contribution in [1.82, 2.24) is 0 Å². The third kappa shape index (κ3) is 73.0. The van der Waals surface area contributed by atoms with Gasteiger partial charge in [0, 0.05) is 25.7 Å². The number of aliphatic hydroxyl groups excluding tert-OH is 1. The molecule has 0 saturated carbocycles. The number of carbonyl (C=O) groups excluding carboxylic acids is 4. The van der Waals surface area contributed by atoms with Crippen molar-refractivity contribution in [2.75, 3.05) is 39.6 Å². The summed E-state index contributed by atoms with van der Waals surface area (Å²) in [6.07, 6.45) is 59.5. The van der Waals surface area contributed by atoms with Gasteiger partial charge in [-0.1, -0.05) is 370 Å². The highest BCUT2D eigenvalue weighted by atomic mass is 31.2. The zero-order valence-corrected chi connectivity index (χ0v) is 67.5. The monoisotopic (exact) mass is 1470 g/mol. The molecule has 0 bridgehead atoms. The number of phosphoric acid groups is 2. The van der Waals surface area contributed by atoms with Gasteiger partial charge in [0.05, 0.1) is 26.4 Å². The number of hydrogen-bond acceptors (Lipinski definition) is 15. The van der Waals surface area contributed by atoms with Crippen molar-refractivity contribution in [3.63, 3.8) is 0 Å². The van der Waals surface area contributed by atoms with Crippen LogP contribution in [0.2, 0.25) is 0 Å². The number of hydrogen-bond donors (Lipinski definition) is 3. The highest BCUT2D eigenvalue weighted by molar-refractivity contribution is 7.47. The SMILES string of the molecule is CCCCCCCCCCCCCCCCCCCC(=O)OC[C@H](COP(=O)(O)OC[C@@H](O)COP(=O)(O)OC[C@@H](COC(=O)CCCCCCCCCCCC(C)C)OC(=O)CCCCCCCCCCCCC(C)CC)OC(=O)CCCCCCCCCCCCCCCCC(C)C. The lowest BCUT2D eigenvalue weighted by Crippen LogP contribution is -2.30. The third-order valence-electron chi connectivity index (χ3n) is 19.2. The summed E-state index contributed by atoms with van der Waals surface area (Å²) in [6, 6.07) is 0. The molecule has 0 radical (unpaired) electrons. The van der Waals surface area contributed by atoms with E-state index in [1.54, 1.807) is 0 Å². The van der Waals surface area contributed by atoms with Gasteiger partial charge in [-0.3, -0.25) is 37.3 Å². The first kappa shape index (κ1) is 98.1. The Morgan fingerprint density at radius 2 is 0.510 bits per heavy atom. The van der Waals surface area contributed by atoms with Crippen LogP contribution in [0.15, 0.2) is 0 Å². The fraction of sp³-hybridized carbons (Fsp3) is 0.951. The topological polar surface area (TPSA) is 237 Å². The smallest absolute Gasteiger partial charge is 0.462 e. The molecule has 594 valence electrons. The molecule has 0 amide bonds. The molecule has 0 saturated heterocycles. The van der Waals surface area contributed by atoms with Gasteiger partial charge in [0.15, 0.2) is 12.2 Å². The minimum absolute atomic E-state index is 0.106. The molecule has 19 heteroatoms. The van der Waals surface area contributed by atoms with Crippen LogP contribution in [0.25, 0.3) is 0 Å². The third-order valence-corrected chi connectivity index (χ3v) is 21.1. The molecule has 17 nitrogen and oxygen atoms in total. The van der Waals surface area contributed by atoms with Crippen molar-refractivity contribution < 1.29 is 80.2 Å². The van der Waals surface area contributed by atoms with Crippen LogP contribution in [0.3, 0.4) is 0 Å². The van der Waals surface area contributed by atoms with Crippen LogP contribution in [0.5, 0.6) is 0 Å². The van der Waals surface area contributed by atoms with Gasteiger partial charge in [0.2, 0.25) is 0 Å². The van der Waals surface area contributed by atoms with E-state index in [0.717, 1.165) is 108 Å². The van der Waals surface area contributed by atoms with Crippen molar-refractivity contribution in [2.45, 2.75) is 439 Å². The fourth-order valence-electron chi connectivity index (χ4n) is 12.5.